The molecule has 204 valence electrons. The van der Waals surface area contributed by atoms with Crippen molar-refractivity contribution in [1.29, 1.82) is 10.8 Å². The number of ether oxygens (including phenoxy) is 2. The molecule has 0 amide bonds. The van der Waals surface area contributed by atoms with E-state index in [4.69, 9.17) is 20.3 Å². The Morgan fingerprint density at radius 3 is 1.65 bits per heavy atom. The second-order valence-corrected chi connectivity index (χ2v) is 10.9. The van der Waals surface area contributed by atoms with Crippen molar-refractivity contribution in [1.82, 2.24) is 0 Å². The van der Waals surface area contributed by atoms with E-state index in [2.05, 4.69) is 84.9 Å². The Labute approximate surface area is 249 Å². The lowest BCUT2D eigenvalue weighted by atomic mass is 9.66. The van der Waals surface area contributed by atoms with Crippen molar-refractivity contribution in [2.24, 2.45) is 0 Å². The molecule has 1 aliphatic carbocycles. The molecule has 6 aromatic carbocycles. The number of nitrogens with one attached hydrogen (secondary N) is 2. The predicted molar refractivity (Wildman–Crippen MR) is 170 cm³/mol. The van der Waals surface area contributed by atoms with Crippen molar-refractivity contribution in [3.05, 3.63) is 179 Å². The van der Waals surface area contributed by atoms with Crippen molar-refractivity contribution in [2.75, 3.05) is 0 Å². The molecule has 0 unspecified atom stereocenters. The number of hydrogen-bond donors (Lipinski definition) is 2. The summed E-state index contributed by atoms with van der Waals surface area (Å²) < 4.78 is 12.2. The average molecular weight is 555 g/mol. The Balaban J connectivity index is 1.19. The van der Waals surface area contributed by atoms with E-state index in [0.717, 1.165) is 33.8 Å². The zero-order valence-corrected chi connectivity index (χ0v) is 23.2. The fraction of sp³-hybridized carbons (Fsp3) is 0.0256. The molecule has 8 rings (SSSR count). The van der Waals surface area contributed by atoms with Crippen LogP contribution in [0.4, 0.5) is 0 Å². The largest absolute Gasteiger partial charge is 0.457 e. The highest BCUT2D eigenvalue weighted by Gasteiger charge is 2.50. The zero-order chi connectivity index (χ0) is 29.0. The molecule has 0 radical (unpaired) electrons. The summed E-state index contributed by atoms with van der Waals surface area (Å²) in [6.45, 7) is 0. The van der Waals surface area contributed by atoms with Crippen LogP contribution in [-0.2, 0) is 10.2 Å². The molecule has 4 heteroatoms. The van der Waals surface area contributed by atoms with Gasteiger partial charge in [-0.2, -0.15) is 0 Å². The summed E-state index contributed by atoms with van der Waals surface area (Å²) in [5.74, 6) is 1.58. The summed E-state index contributed by atoms with van der Waals surface area (Å²) in [6, 6.07) is 49.1. The van der Waals surface area contributed by atoms with Gasteiger partial charge in [0.2, 0.25) is 11.8 Å². The number of fused-ring (bicyclic) bond motifs is 9. The summed E-state index contributed by atoms with van der Waals surface area (Å²) in [6.07, 6.45) is 0. The topological polar surface area (TPSA) is 66.2 Å². The molecule has 0 aromatic heterocycles. The van der Waals surface area contributed by atoms with Gasteiger partial charge in [0.25, 0.3) is 0 Å². The van der Waals surface area contributed by atoms with E-state index in [1.54, 1.807) is 12.1 Å². The fourth-order valence-corrected chi connectivity index (χ4v) is 6.66. The Morgan fingerprint density at radius 1 is 0.465 bits per heavy atom. The van der Waals surface area contributed by atoms with Gasteiger partial charge in [0.05, 0.1) is 5.41 Å². The fourth-order valence-electron chi connectivity index (χ4n) is 6.66. The Morgan fingerprint density at radius 2 is 0.977 bits per heavy atom. The molecular weight excluding hydrogens is 528 g/mol. The third-order valence-electron chi connectivity index (χ3n) is 8.57. The van der Waals surface area contributed by atoms with Crippen molar-refractivity contribution in [2.45, 2.75) is 5.41 Å². The van der Waals surface area contributed by atoms with E-state index < -0.39 is 5.41 Å². The normalized spacial score (nSPS) is 13.2. The molecule has 2 N–H and O–H groups in total. The first-order valence-electron chi connectivity index (χ1n) is 14.3. The molecular formula is C39H26N2O2. The number of hydrogen-bond acceptors (Lipinski definition) is 4. The quantitative estimate of drug-likeness (QED) is 0.169. The van der Waals surface area contributed by atoms with Crippen LogP contribution < -0.4 is 4.74 Å². The third-order valence-corrected chi connectivity index (χ3v) is 8.57. The van der Waals surface area contributed by atoms with E-state index >= 15 is 0 Å². The molecule has 4 nitrogen and oxygen atoms in total. The zero-order valence-electron chi connectivity index (χ0n) is 23.2. The maximum Gasteiger partial charge on any atom is 0.221 e. The van der Waals surface area contributed by atoms with E-state index in [1.807, 2.05) is 48.5 Å². The van der Waals surface area contributed by atoms with Gasteiger partial charge in [0.15, 0.2) is 0 Å². The van der Waals surface area contributed by atoms with Crippen LogP contribution in [0.25, 0.3) is 22.3 Å². The van der Waals surface area contributed by atoms with Gasteiger partial charge < -0.3 is 9.47 Å². The summed E-state index contributed by atoms with van der Waals surface area (Å²) in [4.78, 5) is 0. The molecule has 0 saturated carbocycles. The highest BCUT2D eigenvalue weighted by atomic mass is 16.5. The molecule has 6 aromatic rings. The minimum Gasteiger partial charge on any atom is -0.457 e. The van der Waals surface area contributed by atoms with Gasteiger partial charge in [-0.1, -0.05) is 109 Å². The minimum atomic E-state index is -0.477. The molecule has 0 fully saturated rings. The van der Waals surface area contributed by atoms with Gasteiger partial charge >= 0.3 is 0 Å². The van der Waals surface area contributed by atoms with Crippen LogP contribution in [0.3, 0.4) is 0 Å². The summed E-state index contributed by atoms with van der Waals surface area (Å²) >= 11 is 0. The lowest BCUT2D eigenvalue weighted by Crippen LogP contribution is -2.32. The van der Waals surface area contributed by atoms with E-state index in [1.165, 1.54) is 22.3 Å². The SMILES string of the molecule is N=C(OC(=N)c1ccc(-c2ccc3c(c2)Oc2ccccc2C32c3ccccc3-c3ccccc32)cc1)c1ccccc1. The summed E-state index contributed by atoms with van der Waals surface area (Å²) in [5.41, 5.74) is 10.1. The van der Waals surface area contributed by atoms with Gasteiger partial charge in [0, 0.05) is 22.3 Å². The summed E-state index contributed by atoms with van der Waals surface area (Å²) in [5, 5.41) is 16.6. The maximum absolute atomic E-state index is 8.41. The van der Waals surface area contributed by atoms with Crippen LogP contribution in [0.15, 0.2) is 146 Å². The average Bonchev–Trinajstić information content (AvgIpc) is 3.36. The molecule has 1 spiro atoms. The van der Waals surface area contributed by atoms with E-state index in [-0.39, 0.29) is 11.8 Å². The third kappa shape index (κ3) is 3.77. The van der Waals surface area contributed by atoms with Gasteiger partial charge in [-0.05, 0) is 69.8 Å². The number of para-hydroxylation sites is 1. The Kier molecular flexibility index (Phi) is 5.63. The number of rotatable bonds is 3. The van der Waals surface area contributed by atoms with Crippen LogP contribution in [0, 0.1) is 10.8 Å². The minimum absolute atomic E-state index is 0.0502. The van der Waals surface area contributed by atoms with Crippen LogP contribution in [-0.4, -0.2) is 11.8 Å². The molecule has 1 aliphatic heterocycles. The molecule has 0 atom stereocenters. The van der Waals surface area contributed by atoms with Crippen LogP contribution in [0.1, 0.15) is 33.4 Å². The number of benzene rings is 6. The lowest BCUT2D eigenvalue weighted by molar-refractivity contribution is 0.436. The van der Waals surface area contributed by atoms with Crippen molar-refractivity contribution in [3.8, 4) is 33.8 Å². The van der Waals surface area contributed by atoms with E-state index in [0.29, 0.717) is 11.1 Å². The van der Waals surface area contributed by atoms with Crippen LogP contribution in [0.5, 0.6) is 11.5 Å². The first kappa shape index (κ1) is 25.0. The highest BCUT2D eigenvalue weighted by Crippen LogP contribution is 2.62. The Bertz CT molecular complexity index is 2020. The first-order valence-corrected chi connectivity index (χ1v) is 14.3. The highest BCUT2D eigenvalue weighted by molar-refractivity contribution is 6.04. The lowest BCUT2D eigenvalue weighted by Gasteiger charge is -2.39. The second-order valence-electron chi connectivity index (χ2n) is 10.9. The van der Waals surface area contributed by atoms with Gasteiger partial charge in [-0.25, -0.2) is 0 Å². The first-order chi connectivity index (χ1) is 21.1. The molecule has 2 aliphatic rings. The smallest absolute Gasteiger partial charge is 0.221 e. The molecule has 0 saturated heterocycles. The standard InChI is InChI=1S/C39H26N2O2/c40-37(26-10-2-1-3-11-26)43-38(41)27-20-18-25(19-21-27)28-22-23-34-36(24-28)42-35-17-9-8-16-33(35)39(34)31-14-6-4-12-29(31)30-13-5-7-15-32(30)39/h1-24,40-41H. The van der Waals surface area contributed by atoms with E-state index in [9.17, 15) is 0 Å². The van der Waals surface area contributed by atoms with Gasteiger partial charge in [0.1, 0.15) is 11.5 Å². The van der Waals surface area contributed by atoms with Crippen molar-refractivity contribution in [3.63, 3.8) is 0 Å². The maximum atomic E-state index is 8.41. The van der Waals surface area contributed by atoms with Crippen LogP contribution in [0.2, 0.25) is 0 Å². The summed E-state index contributed by atoms with van der Waals surface area (Å²) in [7, 11) is 0. The molecule has 1 heterocycles. The van der Waals surface area contributed by atoms with Crippen molar-refractivity contribution >= 4 is 11.8 Å². The van der Waals surface area contributed by atoms with Crippen molar-refractivity contribution < 1.29 is 9.47 Å². The van der Waals surface area contributed by atoms with Crippen LogP contribution >= 0.6 is 0 Å². The second kappa shape index (κ2) is 9.68. The van der Waals surface area contributed by atoms with Gasteiger partial charge in [-0.3, -0.25) is 10.8 Å². The predicted octanol–water partition coefficient (Wildman–Crippen LogP) is 9.19. The Hall–Kier alpha value is -5.74. The monoisotopic (exact) mass is 554 g/mol. The molecule has 0 bridgehead atoms. The van der Waals surface area contributed by atoms with Gasteiger partial charge in [-0.15, -0.1) is 0 Å². The molecule has 43 heavy (non-hydrogen) atoms.